The van der Waals surface area contributed by atoms with Crippen LogP contribution in [-0.4, -0.2) is 42.2 Å². The zero-order valence-corrected chi connectivity index (χ0v) is 12.6. The van der Waals surface area contributed by atoms with Crippen LogP contribution in [0.15, 0.2) is 36.5 Å². The fraction of sp³-hybridized carbons (Fsp3) is 0.375. The lowest BCUT2D eigenvalue weighted by molar-refractivity contribution is 0.126. The second kappa shape index (κ2) is 5.92. The Balaban J connectivity index is 1.59. The molecule has 0 saturated heterocycles. The van der Waals surface area contributed by atoms with Gasteiger partial charge in [-0.2, -0.15) is 9.67 Å². The maximum absolute atomic E-state index is 9.59. The fourth-order valence-corrected chi connectivity index (χ4v) is 2.98. The number of aliphatic hydroxyl groups excluding tert-OH is 1. The summed E-state index contributed by atoms with van der Waals surface area (Å²) in [6, 6.07) is 9.90. The number of nitrogens with one attached hydrogen (secondary N) is 1. The number of benzene rings is 1. The molecule has 2 aromatic heterocycles. The molecule has 0 unspecified atom stereocenters. The molecule has 1 aliphatic carbocycles. The van der Waals surface area contributed by atoms with E-state index in [-0.39, 0.29) is 6.10 Å². The molecular weight excluding hydrogens is 292 g/mol. The molecular formula is C16H18N6O. The number of fused-ring (bicyclic) bond motifs is 1. The van der Waals surface area contributed by atoms with Crippen LogP contribution in [-0.2, 0) is 0 Å². The van der Waals surface area contributed by atoms with Gasteiger partial charge >= 0.3 is 0 Å². The van der Waals surface area contributed by atoms with Crippen molar-refractivity contribution in [1.82, 2.24) is 25.0 Å². The van der Waals surface area contributed by atoms with Crippen LogP contribution < -0.4 is 5.32 Å². The van der Waals surface area contributed by atoms with Crippen LogP contribution in [0, 0.1) is 0 Å². The first-order chi connectivity index (χ1) is 11.3. The van der Waals surface area contributed by atoms with Crippen molar-refractivity contribution >= 4 is 17.0 Å². The molecule has 2 N–H and O–H groups in total. The molecule has 0 radical (unpaired) electrons. The molecule has 3 aromatic rings. The van der Waals surface area contributed by atoms with Gasteiger partial charge in [0.15, 0.2) is 5.82 Å². The van der Waals surface area contributed by atoms with Crippen molar-refractivity contribution in [1.29, 1.82) is 0 Å². The SMILES string of the molecule is O[C@H]1CC[C@H](Nc2nccc(-n3nnc4ccccc43)n2)CC1. The summed E-state index contributed by atoms with van der Waals surface area (Å²) in [5.74, 6) is 1.27. The third kappa shape index (κ3) is 2.87. The highest BCUT2D eigenvalue weighted by Gasteiger charge is 2.20. The van der Waals surface area contributed by atoms with Gasteiger partial charge in [-0.05, 0) is 37.8 Å². The Morgan fingerprint density at radius 3 is 2.78 bits per heavy atom. The summed E-state index contributed by atoms with van der Waals surface area (Å²) in [5, 5.41) is 21.3. The minimum atomic E-state index is -0.165. The Kier molecular flexibility index (Phi) is 3.63. The van der Waals surface area contributed by atoms with Crippen LogP contribution in [0.5, 0.6) is 0 Å². The predicted octanol–water partition coefficient (Wildman–Crippen LogP) is 1.93. The summed E-state index contributed by atoms with van der Waals surface area (Å²) in [7, 11) is 0. The Labute approximate surface area is 133 Å². The number of para-hydroxylation sites is 1. The largest absolute Gasteiger partial charge is 0.393 e. The van der Waals surface area contributed by atoms with Crippen LogP contribution >= 0.6 is 0 Å². The number of aromatic nitrogens is 5. The second-order valence-corrected chi connectivity index (χ2v) is 5.88. The molecule has 1 fully saturated rings. The van der Waals surface area contributed by atoms with Crippen molar-refractivity contribution in [2.45, 2.75) is 37.8 Å². The van der Waals surface area contributed by atoms with Gasteiger partial charge in [-0.3, -0.25) is 0 Å². The lowest BCUT2D eigenvalue weighted by Crippen LogP contribution is -2.29. The summed E-state index contributed by atoms with van der Waals surface area (Å²) >= 11 is 0. The molecule has 0 bridgehead atoms. The average Bonchev–Trinajstić information content (AvgIpc) is 3.01. The first kappa shape index (κ1) is 14.1. The molecule has 2 heterocycles. The van der Waals surface area contributed by atoms with Gasteiger partial charge in [-0.25, -0.2) is 4.98 Å². The normalized spacial score (nSPS) is 21.4. The molecule has 7 heteroatoms. The maximum Gasteiger partial charge on any atom is 0.224 e. The van der Waals surface area contributed by atoms with Gasteiger partial charge in [-0.1, -0.05) is 17.3 Å². The zero-order chi connectivity index (χ0) is 15.6. The van der Waals surface area contributed by atoms with E-state index in [0.29, 0.717) is 17.8 Å². The van der Waals surface area contributed by atoms with Crippen molar-refractivity contribution in [3.8, 4) is 5.82 Å². The maximum atomic E-state index is 9.59. The quantitative estimate of drug-likeness (QED) is 0.768. The van der Waals surface area contributed by atoms with E-state index in [9.17, 15) is 5.11 Å². The van der Waals surface area contributed by atoms with Crippen molar-refractivity contribution in [2.24, 2.45) is 0 Å². The number of aliphatic hydroxyl groups is 1. The van der Waals surface area contributed by atoms with Crippen molar-refractivity contribution in [3.05, 3.63) is 36.5 Å². The van der Waals surface area contributed by atoms with Crippen LogP contribution in [0.1, 0.15) is 25.7 Å². The highest BCUT2D eigenvalue weighted by Crippen LogP contribution is 2.21. The van der Waals surface area contributed by atoms with Gasteiger partial charge in [0, 0.05) is 18.3 Å². The van der Waals surface area contributed by atoms with Crippen LogP contribution in [0.2, 0.25) is 0 Å². The van der Waals surface area contributed by atoms with Crippen LogP contribution in [0.3, 0.4) is 0 Å². The molecule has 1 saturated carbocycles. The van der Waals surface area contributed by atoms with Gasteiger partial charge in [0.2, 0.25) is 5.95 Å². The van der Waals surface area contributed by atoms with Gasteiger partial charge in [0.1, 0.15) is 5.52 Å². The van der Waals surface area contributed by atoms with Crippen LogP contribution in [0.25, 0.3) is 16.9 Å². The molecule has 4 rings (SSSR count). The number of anilines is 1. The third-order valence-electron chi connectivity index (χ3n) is 4.24. The molecule has 0 amide bonds. The fourth-order valence-electron chi connectivity index (χ4n) is 2.98. The van der Waals surface area contributed by atoms with Crippen molar-refractivity contribution in [3.63, 3.8) is 0 Å². The first-order valence-corrected chi connectivity index (χ1v) is 7.88. The number of nitrogens with zero attached hydrogens (tertiary/aromatic N) is 5. The van der Waals surface area contributed by atoms with E-state index in [1.165, 1.54) is 0 Å². The molecule has 23 heavy (non-hydrogen) atoms. The van der Waals surface area contributed by atoms with Crippen molar-refractivity contribution < 1.29 is 5.11 Å². The van der Waals surface area contributed by atoms with E-state index in [1.807, 2.05) is 30.3 Å². The molecule has 0 atom stereocenters. The predicted molar refractivity (Wildman–Crippen MR) is 86.3 cm³/mol. The molecule has 0 aliphatic heterocycles. The third-order valence-corrected chi connectivity index (χ3v) is 4.24. The molecule has 0 spiro atoms. The Morgan fingerprint density at radius 2 is 1.91 bits per heavy atom. The number of rotatable bonds is 3. The monoisotopic (exact) mass is 310 g/mol. The van der Waals surface area contributed by atoms with E-state index in [0.717, 1.165) is 36.7 Å². The minimum Gasteiger partial charge on any atom is -0.393 e. The number of hydrogen-bond acceptors (Lipinski definition) is 6. The van der Waals surface area contributed by atoms with Gasteiger partial charge in [0.05, 0.1) is 11.6 Å². The second-order valence-electron chi connectivity index (χ2n) is 5.88. The number of hydrogen-bond donors (Lipinski definition) is 2. The zero-order valence-electron chi connectivity index (χ0n) is 12.6. The van der Waals surface area contributed by atoms with Crippen molar-refractivity contribution in [2.75, 3.05) is 5.32 Å². The summed E-state index contributed by atoms with van der Waals surface area (Å²) in [4.78, 5) is 8.85. The summed E-state index contributed by atoms with van der Waals surface area (Å²) in [5.41, 5.74) is 1.75. The standard InChI is InChI=1S/C16H18N6O/c23-12-7-5-11(6-8-12)18-16-17-10-9-15(19-16)22-14-4-2-1-3-13(14)20-21-22/h1-4,9-12,23H,5-8H2,(H,17,18,19)/t11-,12-. The van der Waals surface area contributed by atoms with Gasteiger partial charge in [-0.15, -0.1) is 5.10 Å². The Morgan fingerprint density at radius 1 is 1.09 bits per heavy atom. The summed E-state index contributed by atoms with van der Waals surface area (Å²) in [6.45, 7) is 0. The summed E-state index contributed by atoms with van der Waals surface area (Å²) < 4.78 is 1.72. The van der Waals surface area contributed by atoms with E-state index < -0.39 is 0 Å². The van der Waals surface area contributed by atoms with E-state index in [4.69, 9.17) is 0 Å². The average molecular weight is 310 g/mol. The van der Waals surface area contributed by atoms with E-state index in [1.54, 1.807) is 10.9 Å². The Hall–Kier alpha value is -2.54. The Bertz CT molecular complexity index is 809. The van der Waals surface area contributed by atoms with E-state index >= 15 is 0 Å². The van der Waals surface area contributed by atoms with Gasteiger partial charge < -0.3 is 10.4 Å². The lowest BCUT2D eigenvalue weighted by Gasteiger charge is -2.26. The van der Waals surface area contributed by atoms with Gasteiger partial charge in [0.25, 0.3) is 0 Å². The lowest BCUT2D eigenvalue weighted by atomic mass is 9.93. The highest BCUT2D eigenvalue weighted by molar-refractivity contribution is 5.75. The van der Waals surface area contributed by atoms with Crippen LogP contribution in [0.4, 0.5) is 5.95 Å². The first-order valence-electron chi connectivity index (χ1n) is 7.88. The smallest absolute Gasteiger partial charge is 0.224 e. The van der Waals surface area contributed by atoms with E-state index in [2.05, 4.69) is 25.6 Å². The molecule has 118 valence electrons. The molecule has 1 aliphatic rings. The highest BCUT2D eigenvalue weighted by atomic mass is 16.3. The topological polar surface area (TPSA) is 88.8 Å². The minimum absolute atomic E-state index is 0.165. The summed E-state index contributed by atoms with van der Waals surface area (Å²) in [6.07, 6.45) is 5.07. The molecule has 7 nitrogen and oxygen atoms in total. The molecule has 1 aromatic carbocycles.